The molecule has 3 heteroatoms. The van der Waals surface area contributed by atoms with E-state index in [1.807, 2.05) is 0 Å². The van der Waals surface area contributed by atoms with Gasteiger partial charge >= 0.3 is 0 Å². The predicted molar refractivity (Wildman–Crippen MR) is 64.0 cm³/mol. The Labute approximate surface area is 86.1 Å². The van der Waals surface area contributed by atoms with Crippen molar-refractivity contribution in [3.63, 3.8) is 0 Å². The second-order valence-corrected chi connectivity index (χ2v) is 5.82. The van der Waals surface area contributed by atoms with Crippen LogP contribution in [0.15, 0.2) is 0 Å². The fourth-order valence-electron chi connectivity index (χ4n) is 1.80. The van der Waals surface area contributed by atoms with Crippen molar-refractivity contribution in [2.24, 2.45) is 0 Å². The van der Waals surface area contributed by atoms with Crippen LogP contribution < -0.4 is 0 Å². The normalized spacial score (nSPS) is 15.0. The maximum absolute atomic E-state index is 2.59. The van der Waals surface area contributed by atoms with Crippen molar-refractivity contribution in [2.45, 2.75) is 39.0 Å². The molecule has 0 fully saturated rings. The molecule has 0 amide bonds. The van der Waals surface area contributed by atoms with Crippen LogP contribution in [0, 0.1) is 0 Å². The average Bonchev–Trinajstić information content (AvgIpc) is 2.11. The van der Waals surface area contributed by atoms with Gasteiger partial charge in [-0.1, -0.05) is 33.2 Å². The number of nitrogens with zero attached hydrogens (tertiary/aromatic N) is 2. The van der Waals surface area contributed by atoms with Crippen LogP contribution in [0.1, 0.15) is 27.2 Å². The first-order valence-corrected chi connectivity index (χ1v) is 7.39. The Hall–Kier alpha value is 0.137. The van der Waals surface area contributed by atoms with Crippen molar-refractivity contribution >= 4 is 9.52 Å². The predicted octanol–water partition coefficient (Wildman–Crippen LogP) is 1.17. The monoisotopic (exact) mass is 202 g/mol. The standard InChI is InChI=1S/C10H26N2Si/c1-6-9-13-10(11(4)5)12(7-2)8-3/h10H,6-9,13H2,1-5H3. The molecule has 0 heterocycles. The summed E-state index contributed by atoms with van der Waals surface area (Å²) < 4.78 is 0. The van der Waals surface area contributed by atoms with Gasteiger partial charge < -0.3 is 0 Å². The van der Waals surface area contributed by atoms with Crippen molar-refractivity contribution in [1.82, 2.24) is 9.80 Å². The van der Waals surface area contributed by atoms with E-state index in [9.17, 15) is 0 Å². The van der Waals surface area contributed by atoms with Crippen molar-refractivity contribution in [3.05, 3.63) is 0 Å². The molecule has 80 valence electrons. The lowest BCUT2D eigenvalue weighted by Crippen LogP contribution is -2.48. The van der Waals surface area contributed by atoms with Crippen molar-refractivity contribution < 1.29 is 0 Å². The van der Waals surface area contributed by atoms with Gasteiger partial charge in [-0.3, -0.25) is 9.80 Å². The molecule has 0 aromatic rings. The van der Waals surface area contributed by atoms with E-state index in [4.69, 9.17) is 0 Å². The fourth-order valence-corrected chi connectivity index (χ4v) is 3.97. The van der Waals surface area contributed by atoms with Gasteiger partial charge in [-0.15, -0.1) is 0 Å². The molecule has 0 aliphatic carbocycles. The van der Waals surface area contributed by atoms with E-state index < -0.39 is 0 Å². The van der Waals surface area contributed by atoms with Gasteiger partial charge in [0, 0.05) is 5.79 Å². The van der Waals surface area contributed by atoms with Gasteiger partial charge in [-0.25, -0.2) is 0 Å². The third-order valence-electron chi connectivity index (χ3n) is 2.65. The highest BCUT2D eigenvalue weighted by Crippen LogP contribution is 2.03. The van der Waals surface area contributed by atoms with E-state index >= 15 is 0 Å². The van der Waals surface area contributed by atoms with Gasteiger partial charge in [0.15, 0.2) is 0 Å². The lowest BCUT2D eigenvalue weighted by atomic mass is 10.5. The summed E-state index contributed by atoms with van der Waals surface area (Å²) in [6.07, 6.45) is 1.36. The second-order valence-electron chi connectivity index (χ2n) is 3.81. The largest absolute Gasteiger partial charge is 0.297 e. The molecule has 0 aromatic carbocycles. The van der Waals surface area contributed by atoms with Crippen LogP contribution in [0.2, 0.25) is 6.04 Å². The molecule has 0 aromatic heterocycles. The topological polar surface area (TPSA) is 6.48 Å². The highest BCUT2D eigenvalue weighted by atomic mass is 28.2. The molecular formula is C10H26N2Si. The van der Waals surface area contributed by atoms with Gasteiger partial charge in [0.05, 0.1) is 9.52 Å². The minimum Gasteiger partial charge on any atom is -0.297 e. The molecule has 0 N–H and O–H groups in total. The third kappa shape index (κ3) is 4.79. The zero-order valence-electron chi connectivity index (χ0n) is 10.0. The third-order valence-corrected chi connectivity index (χ3v) is 5.52. The molecule has 0 rings (SSSR count). The molecule has 0 aliphatic rings. The summed E-state index contributed by atoms with van der Waals surface area (Å²) in [6, 6.07) is 1.47. The Balaban J connectivity index is 4.04. The van der Waals surface area contributed by atoms with Crippen LogP contribution in [0.5, 0.6) is 0 Å². The van der Waals surface area contributed by atoms with Gasteiger partial charge in [0.1, 0.15) is 0 Å². The summed E-state index contributed by atoms with van der Waals surface area (Å²) in [5.74, 6) is 0.773. The number of hydrogen-bond acceptors (Lipinski definition) is 2. The zero-order valence-corrected chi connectivity index (χ0v) is 11.4. The lowest BCUT2D eigenvalue weighted by Gasteiger charge is -2.34. The van der Waals surface area contributed by atoms with Crippen LogP contribution in [0.3, 0.4) is 0 Å². The molecule has 0 saturated heterocycles. The van der Waals surface area contributed by atoms with Crippen LogP contribution in [-0.4, -0.2) is 52.3 Å². The molecule has 0 aliphatic heterocycles. The molecule has 0 radical (unpaired) electrons. The molecule has 0 bridgehead atoms. The van der Waals surface area contributed by atoms with Crippen LogP contribution in [-0.2, 0) is 0 Å². The zero-order chi connectivity index (χ0) is 10.3. The minimum atomic E-state index is 0.0602. The maximum atomic E-state index is 2.59. The molecule has 0 spiro atoms. The minimum absolute atomic E-state index is 0.0602. The highest BCUT2D eigenvalue weighted by molar-refractivity contribution is 6.37. The van der Waals surface area contributed by atoms with Crippen molar-refractivity contribution in [3.8, 4) is 0 Å². The Bertz CT molecular complexity index is 113. The smallest absolute Gasteiger partial charge is 0.0591 e. The molecule has 13 heavy (non-hydrogen) atoms. The number of rotatable bonds is 7. The Kier molecular flexibility index (Phi) is 7.61. The van der Waals surface area contributed by atoms with Crippen LogP contribution in [0.4, 0.5) is 0 Å². The highest BCUT2D eigenvalue weighted by Gasteiger charge is 2.16. The van der Waals surface area contributed by atoms with Crippen LogP contribution >= 0.6 is 0 Å². The van der Waals surface area contributed by atoms with E-state index in [1.165, 1.54) is 25.6 Å². The summed E-state index contributed by atoms with van der Waals surface area (Å²) in [5, 5.41) is 0. The summed E-state index contributed by atoms with van der Waals surface area (Å²) in [4.78, 5) is 4.98. The van der Waals surface area contributed by atoms with E-state index in [0.29, 0.717) is 0 Å². The quantitative estimate of drug-likeness (QED) is 0.452. The van der Waals surface area contributed by atoms with Crippen LogP contribution in [0.25, 0.3) is 0 Å². The first-order valence-electron chi connectivity index (χ1n) is 5.57. The molecule has 0 saturated carbocycles. The molecule has 2 nitrogen and oxygen atoms in total. The Morgan fingerprint density at radius 3 is 1.92 bits per heavy atom. The summed E-state index contributed by atoms with van der Waals surface area (Å²) in [7, 11) is 4.49. The Morgan fingerprint density at radius 2 is 1.62 bits per heavy atom. The van der Waals surface area contributed by atoms with Crippen molar-refractivity contribution in [1.29, 1.82) is 0 Å². The van der Waals surface area contributed by atoms with Gasteiger partial charge in [0.25, 0.3) is 0 Å². The van der Waals surface area contributed by atoms with Crippen molar-refractivity contribution in [2.75, 3.05) is 27.2 Å². The molecular weight excluding hydrogens is 176 g/mol. The van der Waals surface area contributed by atoms with E-state index in [1.54, 1.807) is 0 Å². The summed E-state index contributed by atoms with van der Waals surface area (Å²) in [6.45, 7) is 9.20. The molecule has 1 unspecified atom stereocenters. The van der Waals surface area contributed by atoms with E-state index in [0.717, 1.165) is 5.79 Å². The average molecular weight is 202 g/mol. The first kappa shape index (κ1) is 13.1. The Morgan fingerprint density at radius 1 is 1.08 bits per heavy atom. The van der Waals surface area contributed by atoms with Gasteiger partial charge in [-0.05, 0) is 27.2 Å². The lowest BCUT2D eigenvalue weighted by molar-refractivity contribution is 0.151. The SMILES string of the molecule is CCC[SiH2]C(N(C)C)N(CC)CC. The second kappa shape index (κ2) is 7.53. The van der Waals surface area contributed by atoms with E-state index in [-0.39, 0.29) is 9.52 Å². The first-order chi connectivity index (χ1) is 6.17. The fraction of sp³-hybridized carbons (Fsp3) is 1.00. The van der Waals surface area contributed by atoms with E-state index in [2.05, 4.69) is 44.7 Å². The maximum Gasteiger partial charge on any atom is 0.0591 e. The number of hydrogen-bond donors (Lipinski definition) is 0. The summed E-state index contributed by atoms with van der Waals surface area (Å²) >= 11 is 0. The van der Waals surface area contributed by atoms with Gasteiger partial charge in [-0.2, -0.15) is 0 Å². The molecule has 1 atom stereocenters. The van der Waals surface area contributed by atoms with Gasteiger partial charge in [0.2, 0.25) is 0 Å². The summed E-state index contributed by atoms with van der Waals surface area (Å²) in [5.41, 5.74) is 0.